The van der Waals surface area contributed by atoms with Gasteiger partial charge in [-0.05, 0) is 0 Å². The zero-order chi connectivity index (χ0) is 0. The van der Waals surface area contributed by atoms with E-state index in [1.807, 2.05) is 0 Å². The van der Waals surface area contributed by atoms with Gasteiger partial charge >= 0.3 is 0 Å². The fourth-order valence-corrected chi connectivity index (χ4v) is 0. The van der Waals surface area contributed by atoms with Crippen LogP contribution in [0.2, 0.25) is 0 Å². The van der Waals surface area contributed by atoms with E-state index in [-0.39, 0.29) is 67.1 Å². The zero-order valence-electron chi connectivity index (χ0n) is 1.36. The third kappa shape index (κ3) is 8.98. The van der Waals surface area contributed by atoms with Gasteiger partial charge in [0.1, 0.15) is 0 Å². The van der Waals surface area contributed by atoms with Crippen molar-refractivity contribution in [1.82, 2.24) is 0 Å². The standard InChI is InChI=1S/2Co.Mn.Ni. The van der Waals surface area contributed by atoms with Gasteiger partial charge in [-0.1, -0.05) is 0 Å². The summed E-state index contributed by atoms with van der Waals surface area (Å²) in [7, 11) is 0. The fourth-order valence-electron chi connectivity index (χ4n) is 0. The van der Waals surface area contributed by atoms with E-state index < -0.39 is 0 Å². The summed E-state index contributed by atoms with van der Waals surface area (Å²) >= 11 is 0. The van der Waals surface area contributed by atoms with Gasteiger partial charge in [0.25, 0.3) is 0 Å². The predicted molar refractivity (Wildman–Crippen MR) is 0 cm³/mol. The molecule has 0 aromatic heterocycles. The molecular formula is Co2MnNi. The third-order valence-corrected chi connectivity index (χ3v) is 0. The van der Waals surface area contributed by atoms with E-state index in [1.54, 1.807) is 0 Å². The SMILES string of the molecule is [Co].[Co].[Mn].[Ni]. The summed E-state index contributed by atoms with van der Waals surface area (Å²) in [6, 6.07) is 0. The third-order valence-electron chi connectivity index (χ3n) is 0. The summed E-state index contributed by atoms with van der Waals surface area (Å²) in [4.78, 5) is 0. The maximum absolute atomic E-state index is 0. The van der Waals surface area contributed by atoms with Gasteiger partial charge in [0.05, 0.1) is 0 Å². The van der Waals surface area contributed by atoms with Gasteiger partial charge in [-0.15, -0.1) is 0 Å². The Morgan fingerprint density at radius 2 is 0.750 bits per heavy atom. The minimum Gasteiger partial charge on any atom is 0 e. The molecule has 0 aromatic carbocycles. The van der Waals surface area contributed by atoms with Crippen molar-refractivity contribution in [3.63, 3.8) is 0 Å². The van der Waals surface area contributed by atoms with Crippen molar-refractivity contribution in [2.75, 3.05) is 0 Å². The molecule has 0 saturated carbocycles. The summed E-state index contributed by atoms with van der Waals surface area (Å²) in [5.74, 6) is 0. The molecule has 0 atom stereocenters. The Morgan fingerprint density at radius 1 is 0.750 bits per heavy atom. The Morgan fingerprint density at radius 3 is 0.750 bits per heavy atom. The minimum absolute atomic E-state index is 0. The van der Waals surface area contributed by atoms with Crippen molar-refractivity contribution in [2.45, 2.75) is 0 Å². The minimum atomic E-state index is 0. The summed E-state index contributed by atoms with van der Waals surface area (Å²) in [5, 5.41) is 0. The van der Waals surface area contributed by atoms with Gasteiger partial charge in [0.15, 0.2) is 0 Å². The van der Waals surface area contributed by atoms with Gasteiger partial charge in [0.2, 0.25) is 0 Å². The van der Waals surface area contributed by atoms with E-state index in [0.29, 0.717) is 0 Å². The Balaban J connectivity index is 0. The summed E-state index contributed by atoms with van der Waals surface area (Å²) in [6.45, 7) is 0. The molecule has 0 rings (SSSR count). The average molecular weight is 231 g/mol. The molecule has 4 heteroatoms. The van der Waals surface area contributed by atoms with Crippen molar-refractivity contribution in [2.24, 2.45) is 0 Å². The van der Waals surface area contributed by atoms with Crippen LogP contribution in [0.1, 0.15) is 0 Å². The zero-order valence-corrected chi connectivity index (χ0v) is 5.61. The van der Waals surface area contributed by atoms with Crippen LogP contribution in [0.25, 0.3) is 0 Å². The Kier molecular flexibility index (Phi) is 184. The molecule has 0 saturated heterocycles. The second-order valence-corrected chi connectivity index (χ2v) is 0. The Hall–Kier alpha value is 2.03. The maximum atomic E-state index is 0. The van der Waals surface area contributed by atoms with Gasteiger partial charge < -0.3 is 0 Å². The molecule has 0 aliphatic carbocycles. The molecular weight excluding hydrogens is 231 g/mol. The van der Waals surface area contributed by atoms with Crippen LogP contribution in [0.4, 0.5) is 0 Å². The molecule has 0 aliphatic rings. The predicted octanol–water partition coefficient (Wildman–Crippen LogP) is -0.0100. The average Bonchev–Trinajstić information content (AvgIpc) is 0. The second kappa shape index (κ2) is 19.8. The molecule has 0 bridgehead atoms. The van der Waals surface area contributed by atoms with E-state index in [2.05, 4.69) is 0 Å². The van der Waals surface area contributed by atoms with Crippen molar-refractivity contribution < 1.29 is 67.1 Å². The van der Waals surface area contributed by atoms with E-state index in [9.17, 15) is 0 Å². The smallest absolute Gasteiger partial charge is 0 e. The van der Waals surface area contributed by atoms with Gasteiger partial charge in [0, 0.05) is 67.1 Å². The normalized spacial score (nSPS) is 0. The molecule has 4 heavy (non-hydrogen) atoms. The van der Waals surface area contributed by atoms with Gasteiger partial charge in [-0.25, -0.2) is 0 Å². The van der Waals surface area contributed by atoms with E-state index in [0.717, 1.165) is 0 Å². The Bertz CT molecular complexity index is 6.00. The van der Waals surface area contributed by atoms with Crippen LogP contribution in [0.5, 0.6) is 0 Å². The molecule has 0 N–H and O–H groups in total. The largest absolute Gasteiger partial charge is 0 e. The van der Waals surface area contributed by atoms with Crippen molar-refractivity contribution in [1.29, 1.82) is 0 Å². The van der Waals surface area contributed by atoms with Crippen LogP contribution in [0.15, 0.2) is 0 Å². The second-order valence-electron chi connectivity index (χ2n) is 0. The van der Waals surface area contributed by atoms with Gasteiger partial charge in [-0.3, -0.25) is 0 Å². The number of rotatable bonds is 0. The van der Waals surface area contributed by atoms with Crippen molar-refractivity contribution >= 4 is 0 Å². The summed E-state index contributed by atoms with van der Waals surface area (Å²) in [5.41, 5.74) is 0. The first-order valence-electron chi connectivity index (χ1n) is 0. The molecule has 3 radical (unpaired) electrons. The quantitative estimate of drug-likeness (QED) is 0.515. The monoisotopic (exact) mass is 231 g/mol. The molecule has 0 fully saturated rings. The summed E-state index contributed by atoms with van der Waals surface area (Å²) < 4.78 is 0. The van der Waals surface area contributed by atoms with Crippen LogP contribution in [-0.2, 0) is 67.1 Å². The van der Waals surface area contributed by atoms with E-state index >= 15 is 0 Å². The first kappa shape index (κ1) is 37.1. The van der Waals surface area contributed by atoms with Crippen LogP contribution < -0.4 is 0 Å². The molecule has 0 spiro atoms. The van der Waals surface area contributed by atoms with Crippen LogP contribution in [0, 0.1) is 0 Å². The molecule has 0 aliphatic heterocycles. The first-order chi connectivity index (χ1) is 0. The van der Waals surface area contributed by atoms with E-state index in [1.165, 1.54) is 0 Å². The number of hydrogen-bond acceptors (Lipinski definition) is 0. The number of hydrogen-bond donors (Lipinski definition) is 0. The van der Waals surface area contributed by atoms with Gasteiger partial charge in [-0.2, -0.15) is 0 Å². The van der Waals surface area contributed by atoms with E-state index in [4.69, 9.17) is 0 Å². The van der Waals surface area contributed by atoms with Crippen molar-refractivity contribution in [3.05, 3.63) is 0 Å². The molecule has 0 amide bonds. The molecule has 0 nitrogen and oxygen atoms in total. The Labute approximate surface area is 66.7 Å². The molecule has 0 heterocycles. The summed E-state index contributed by atoms with van der Waals surface area (Å²) in [6.07, 6.45) is 0. The topological polar surface area (TPSA) is 0 Å². The van der Waals surface area contributed by atoms with Crippen LogP contribution in [-0.4, -0.2) is 0 Å². The molecule has 35 valence electrons. The fraction of sp³-hybridized carbons (Fsp3) is 0. The van der Waals surface area contributed by atoms with Crippen LogP contribution in [0.3, 0.4) is 0 Å². The van der Waals surface area contributed by atoms with Crippen molar-refractivity contribution in [3.8, 4) is 0 Å². The molecule has 0 unspecified atom stereocenters. The van der Waals surface area contributed by atoms with Crippen LogP contribution >= 0.6 is 0 Å². The first-order valence-corrected chi connectivity index (χ1v) is 0. The maximum Gasteiger partial charge on any atom is 0 e. The molecule has 0 aromatic rings.